The van der Waals surface area contributed by atoms with Crippen LogP contribution in [0, 0.1) is 0 Å². The number of fused-ring (bicyclic) bond motifs is 1. The van der Waals surface area contributed by atoms with Gasteiger partial charge >= 0.3 is 0 Å². The lowest BCUT2D eigenvalue weighted by Crippen LogP contribution is -2.45. The van der Waals surface area contributed by atoms with E-state index in [0.29, 0.717) is 23.5 Å². The zero-order valence-electron chi connectivity index (χ0n) is 13.3. The fourth-order valence-electron chi connectivity index (χ4n) is 2.74. The van der Waals surface area contributed by atoms with Crippen LogP contribution in [0.4, 0.5) is 5.95 Å². The number of hydrogen-bond donors (Lipinski definition) is 1. The van der Waals surface area contributed by atoms with E-state index in [1.807, 2.05) is 6.92 Å². The maximum absolute atomic E-state index is 12.4. The predicted molar refractivity (Wildman–Crippen MR) is 87.7 cm³/mol. The maximum atomic E-state index is 12.4. The molecule has 0 bridgehead atoms. The number of carbonyl (C=O) groups excluding carboxylic acids is 1. The summed E-state index contributed by atoms with van der Waals surface area (Å²) in [5.74, 6) is -0.124. The molecule has 1 saturated heterocycles. The Morgan fingerprint density at radius 2 is 2.00 bits per heavy atom. The number of aromatic nitrogens is 3. The molecule has 0 atom stereocenters. The molecule has 1 aliphatic heterocycles. The highest BCUT2D eigenvalue weighted by molar-refractivity contribution is 5.95. The highest BCUT2D eigenvalue weighted by Crippen LogP contribution is 2.15. The lowest BCUT2D eigenvalue weighted by atomic mass is 10.2. The zero-order valence-corrected chi connectivity index (χ0v) is 13.3. The monoisotopic (exact) mass is 316 g/mol. The fourth-order valence-corrected chi connectivity index (χ4v) is 2.74. The molecule has 2 aromatic rings. The molecule has 0 aromatic carbocycles. The fraction of sp³-hybridized carbons (Fsp3) is 0.467. The summed E-state index contributed by atoms with van der Waals surface area (Å²) in [7, 11) is 2.08. The van der Waals surface area contributed by atoms with Crippen molar-refractivity contribution in [2.75, 3.05) is 38.1 Å². The number of nitrogens with two attached hydrogens (primary N) is 1. The summed E-state index contributed by atoms with van der Waals surface area (Å²) < 4.78 is 1.76. The predicted octanol–water partition coefficient (Wildman–Crippen LogP) is -0.338. The minimum absolute atomic E-state index is 0.0321. The molecule has 2 aromatic heterocycles. The maximum Gasteiger partial charge on any atom is 0.254 e. The first kappa shape index (κ1) is 15.4. The Labute approximate surface area is 133 Å². The van der Waals surface area contributed by atoms with Crippen molar-refractivity contribution in [2.45, 2.75) is 13.5 Å². The van der Waals surface area contributed by atoms with E-state index in [4.69, 9.17) is 5.73 Å². The largest absolute Gasteiger partial charge is 0.365 e. The van der Waals surface area contributed by atoms with Crippen LogP contribution in [0.3, 0.4) is 0 Å². The van der Waals surface area contributed by atoms with Gasteiger partial charge in [-0.05, 0) is 14.0 Å². The number of amides is 1. The first-order chi connectivity index (χ1) is 11.0. The number of piperazine rings is 1. The Balaban J connectivity index is 2.11. The number of nitrogens with zero attached hydrogens (tertiary/aromatic N) is 5. The summed E-state index contributed by atoms with van der Waals surface area (Å²) in [6, 6.07) is 0. The molecular formula is C15H20N6O2. The molecule has 0 unspecified atom stereocenters. The van der Waals surface area contributed by atoms with Crippen molar-refractivity contribution in [1.29, 1.82) is 0 Å². The molecule has 23 heavy (non-hydrogen) atoms. The topological polar surface area (TPSA) is 97.3 Å². The van der Waals surface area contributed by atoms with Crippen molar-refractivity contribution in [1.82, 2.24) is 19.4 Å². The summed E-state index contributed by atoms with van der Waals surface area (Å²) in [5.41, 5.74) is 5.37. The lowest BCUT2D eigenvalue weighted by Gasteiger charge is -2.32. The van der Waals surface area contributed by atoms with Gasteiger partial charge in [0.1, 0.15) is 11.2 Å². The van der Waals surface area contributed by atoms with Crippen LogP contribution in [-0.2, 0) is 6.54 Å². The average Bonchev–Trinajstić information content (AvgIpc) is 2.55. The third kappa shape index (κ3) is 2.77. The van der Waals surface area contributed by atoms with Crippen LogP contribution in [0.1, 0.15) is 17.3 Å². The molecule has 8 nitrogen and oxygen atoms in total. The van der Waals surface area contributed by atoms with E-state index in [9.17, 15) is 9.59 Å². The summed E-state index contributed by atoms with van der Waals surface area (Å²) in [5, 5.41) is 0.320. The van der Waals surface area contributed by atoms with E-state index in [-0.39, 0.29) is 5.56 Å². The summed E-state index contributed by atoms with van der Waals surface area (Å²) >= 11 is 0. The normalized spacial score (nSPS) is 16.0. The van der Waals surface area contributed by atoms with Gasteiger partial charge in [-0.15, -0.1) is 0 Å². The second-order valence-corrected chi connectivity index (χ2v) is 5.72. The molecule has 3 rings (SSSR count). The van der Waals surface area contributed by atoms with Crippen molar-refractivity contribution in [2.24, 2.45) is 5.73 Å². The van der Waals surface area contributed by atoms with Gasteiger partial charge in [-0.1, -0.05) is 0 Å². The van der Waals surface area contributed by atoms with Crippen LogP contribution in [0.5, 0.6) is 0 Å². The van der Waals surface area contributed by atoms with E-state index in [1.165, 1.54) is 12.4 Å². The molecule has 1 fully saturated rings. The van der Waals surface area contributed by atoms with Crippen molar-refractivity contribution in [3.63, 3.8) is 0 Å². The molecule has 1 aliphatic rings. The Morgan fingerprint density at radius 1 is 1.30 bits per heavy atom. The number of likely N-dealkylation sites (N-methyl/N-ethyl adjacent to an activating group) is 1. The molecule has 8 heteroatoms. The number of primary amides is 1. The molecule has 0 aliphatic carbocycles. The molecule has 1 amide bonds. The summed E-state index contributed by atoms with van der Waals surface area (Å²) in [4.78, 5) is 37.0. The number of aryl methyl sites for hydroxylation is 1. The Hall–Kier alpha value is -2.48. The smallest absolute Gasteiger partial charge is 0.254 e. The molecule has 0 spiro atoms. The molecule has 122 valence electrons. The van der Waals surface area contributed by atoms with Crippen LogP contribution < -0.4 is 16.1 Å². The van der Waals surface area contributed by atoms with Gasteiger partial charge in [-0.2, -0.15) is 4.98 Å². The van der Waals surface area contributed by atoms with Gasteiger partial charge in [0, 0.05) is 45.1 Å². The minimum atomic E-state index is -0.734. The van der Waals surface area contributed by atoms with Crippen molar-refractivity contribution >= 4 is 22.9 Å². The van der Waals surface area contributed by atoms with Crippen molar-refractivity contribution in [3.05, 3.63) is 28.2 Å². The van der Waals surface area contributed by atoms with E-state index in [2.05, 4.69) is 26.8 Å². The SMILES string of the molecule is CCn1cc(C(N)=O)c(=O)c2cnc(N3CCN(C)CC3)nc21. The Kier molecular flexibility index (Phi) is 3.99. The van der Waals surface area contributed by atoms with E-state index < -0.39 is 11.3 Å². The van der Waals surface area contributed by atoms with Gasteiger partial charge < -0.3 is 20.1 Å². The highest BCUT2D eigenvalue weighted by atomic mass is 16.2. The van der Waals surface area contributed by atoms with Gasteiger partial charge in [0.15, 0.2) is 0 Å². The number of anilines is 1. The second kappa shape index (κ2) is 5.96. The second-order valence-electron chi connectivity index (χ2n) is 5.72. The highest BCUT2D eigenvalue weighted by Gasteiger charge is 2.19. The lowest BCUT2D eigenvalue weighted by molar-refractivity contribution is 0.0999. The number of pyridine rings is 1. The van der Waals surface area contributed by atoms with Crippen LogP contribution in [0.15, 0.2) is 17.2 Å². The summed E-state index contributed by atoms with van der Waals surface area (Å²) in [6.07, 6.45) is 2.98. The molecule has 3 heterocycles. The van der Waals surface area contributed by atoms with E-state index >= 15 is 0 Å². The van der Waals surface area contributed by atoms with Gasteiger partial charge in [-0.3, -0.25) is 9.59 Å². The molecule has 0 radical (unpaired) electrons. The quantitative estimate of drug-likeness (QED) is 0.832. The van der Waals surface area contributed by atoms with Crippen LogP contribution >= 0.6 is 0 Å². The van der Waals surface area contributed by atoms with Gasteiger partial charge in [0.2, 0.25) is 11.4 Å². The standard InChI is InChI=1S/C15H20N6O2/c1-3-20-9-11(13(16)23)12(22)10-8-17-15(18-14(10)20)21-6-4-19(2)5-7-21/h8-9H,3-7H2,1-2H3,(H2,16,23). The van der Waals surface area contributed by atoms with Crippen molar-refractivity contribution < 1.29 is 4.79 Å². The van der Waals surface area contributed by atoms with Gasteiger partial charge in [0.05, 0.1) is 5.39 Å². The zero-order chi connectivity index (χ0) is 16.6. The number of carbonyl (C=O) groups is 1. The molecule has 2 N–H and O–H groups in total. The number of hydrogen-bond acceptors (Lipinski definition) is 6. The molecular weight excluding hydrogens is 296 g/mol. The van der Waals surface area contributed by atoms with E-state index in [0.717, 1.165) is 26.2 Å². The summed E-state index contributed by atoms with van der Waals surface area (Å²) in [6.45, 7) is 6.09. The van der Waals surface area contributed by atoms with E-state index in [1.54, 1.807) is 4.57 Å². The van der Waals surface area contributed by atoms with Crippen molar-refractivity contribution in [3.8, 4) is 0 Å². The van der Waals surface area contributed by atoms with Gasteiger partial charge in [-0.25, -0.2) is 4.98 Å². The van der Waals surface area contributed by atoms with Crippen LogP contribution in [0.2, 0.25) is 0 Å². The average molecular weight is 316 g/mol. The van der Waals surface area contributed by atoms with Crippen LogP contribution in [-0.4, -0.2) is 58.6 Å². The Morgan fingerprint density at radius 3 is 2.61 bits per heavy atom. The number of rotatable bonds is 3. The molecule has 0 saturated carbocycles. The van der Waals surface area contributed by atoms with Gasteiger partial charge in [0.25, 0.3) is 5.91 Å². The third-order valence-corrected chi connectivity index (χ3v) is 4.19. The first-order valence-corrected chi connectivity index (χ1v) is 7.64. The first-order valence-electron chi connectivity index (χ1n) is 7.64. The Bertz CT molecular complexity index is 807. The third-order valence-electron chi connectivity index (χ3n) is 4.19. The minimum Gasteiger partial charge on any atom is -0.365 e. The van der Waals surface area contributed by atoms with Crippen LogP contribution in [0.25, 0.3) is 11.0 Å².